The van der Waals surface area contributed by atoms with Crippen molar-refractivity contribution in [3.8, 4) is 0 Å². The minimum atomic E-state index is -0.301. The van der Waals surface area contributed by atoms with Gasteiger partial charge in [-0.15, -0.1) is 0 Å². The highest BCUT2D eigenvalue weighted by Crippen LogP contribution is 2.26. The molecule has 0 saturated carbocycles. The van der Waals surface area contributed by atoms with E-state index >= 15 is 0 Å². The monoisotopic (exact) mass is 170 g/mol. The van der Waals surface area contributed by atoms with Gasteiger partial charge in [0.2, 0.25) is 0 Å². The van der Waals surface area contributed by atoms with E-state index in [9.17, 15) is 5.11 Å². The standard InChI is InChI=1S/C8H10O2S/c9-8-4-10-3-7(8)6-1-2-11-5-6/h1-2,5,7-9H,3-4H2. The molecule has 0 aliphatic carbocycles. The molecule has 60 valence electrons. The number of thiophene rings is 1. The van der Waals surface area contributed by atoms with Crippen LogP contribution in [0.25, 0.3) is 0 Å². The van der Waals surface area contributed by atoms with E-state index < -0.39 is 0 Å². The van der Waals surface area contributed by atoms with E-state index in [0.29, 0.717) is 13.2 Å². The van der Waals surface area contributed by atoms with Gasteiger partial charge in [0.25, 0.3) is 0 Å². The first-order chi connectivity index (χ1) is 5.38. The van der Waals surface area contributed by atoms with Crippen LogP contribution >= 0.6 is 11.3 Å². The maximum atomic E-state index is 9.44. The lowest BCUT2D eigenvalue weighted by Crippen LogP contribution is -2.14. The van der Waals surface area contributed by atoms with E-state index in [0.717, 1.165) is 0 Å². The lowest BCUT2D eigenvalue weighted by atomic mass is 10.00. The van der Waals surface area contributed by atoms with Crippen molar-refractivity contribution in [3.05, 3.63) is 22.4 Å². The van der Waals surface area contributed by atoms with Crippen molar-refractivity contribution >= 4 is 11.3 Å². The average Bonchev–Trinajstić information content (AvgIpc) is 2.55. The number of aliphatic hydroxyl groups excluding tert-OH is 1. The molecule has 1 N–H and O–H groups in total. The molecular formula is C8H10O2S. The second kappa shape index (κ2) is 2.93. The molecule has 1 fully saturated rings. The molecule has 0 radical (unpaired) electrons. The third kappa shape index (κ3) is 1.31. The number of hydrogen-bond donors (Lipinski definition) is 1. The van der Waals surface area contributed by atoms with Crippen LogP contribution in [-0.2, 0) is 4.74 Å². The van der Waals surface area contributed by atoms with E-state index in [1.807, 2.05) is 11.4 Å². The summed E-state index contributed by atoms with van der Waals surface area (Å²) in [7, 11) is 0. The molecule has 1 aliphatic heterocycles. The SMILES string of the molecule is OC1COCC1c1ccsc1. The van der Waals surface area contributed by atoms with Gasteiger partial charge in [-0.3, -0.25) is 0 Å². The van der Waals surface area contributed by atoms with Crippen molar-refractivity contribution in [2.45, 2.75) is 12.0 Å². The van der Waals surface area contributed by atoms with Crippen LogP contribution in [0.3, 0.4) is 0 Å². The predicted octanol–water partition coefficient (Wildman–Crippen LogP) is 1.22. The molecule has 2 nitrogen and oxygen atoms in total. The van der Waals surface area contributed by atoms with E-state index in [1.54, 1.807) is 11.3 Å². The van der Waals surface area contributed by atoms with Gasteiger partial charge in [0, 0.05) is 5.92 Å². The highest BCUT2D eigenvalue weighted by atomic mass is 32.1. The zero-order chi connectivity index (χ0) is 7.68. The zero-order valence-corrected chi connectivity index (χ0v) is 6.88. The summed E-state index contributed by atoms with van der Waals surface area (Å²) in [5, 5.41) is 13.5. The summed E-state index contributed by atoms with van der Waals surface area (Å²) in [6.07, 6.45) is -0.301. The number of ether oxygens (including phenoxy) is 1. The Balaban J connectivity index is 2.16. The molecule has 2 atom stereocenters. The quantitative estimate of drug-likeness (QED) is 0.686. The fourth-order valence-electron chi connectivity index (χ4n) is 1.35. The second-order valence-corrected chi connectivity index (χ2v) is 3.55. The molecule has 0 bridgehead atoms. The summed E-state index contributed by atoms with van der Waals surface area (Å²) < 4.78 is 5.15. The second-order valence-electron chi connectivity index (χ2n) is 2.77. The molecule has 2 heterocycles. The van der Waals surface area contributed by atoms with E-state index in [1.165, 1.54) is 5.56 Å². The molecule has 1 saturated heterocycles. The van der Waals surface area contributed by atoms with Gasteiger partial charge in [0.05, 0.1) is 19.3 Å². The Labute approximate surface area is 69.4 Å². The summed E-state index contributed by atoms with van der Waals surface area (Å²) >= 11 is 1.66. The fourth-order valence-corrected chi connectivity index (χ4v) is 2.07. The Morgan fingerprint density at radius 3 is 3.00 bits per heavy atom. The molecule has 1 aromatic heterocycles. The number of aliphatic hydroxyl groups is 1. The Morgan fingerprint density at radius 2 is 2.45 bits per heavy atom. The first kappa shape index (κ1) is 7.28. The maximum absolute atomic E-state index is 9.44. The maximum Gasteiger partial charge on any atom is 0.0864 e. The summed E-state index contributed by atoms with van der Waals surface area (Å²) in [4.78, 5) is 0. The van der Waals surface area contributed by atoms with E-state index in [4.69, 9.17) is 4.74 Å². The van der Waals surface area contributed by atoms with Crippen LogP contribution < -0.4 is 0 Å². The molecule has 0 aromatic carbocycles. The number of rotatable bonds is 1. The third-order valence-corrected chi connectivity index (χ3v) is 2.72. The van der Waals surface area contributed by atoms with Gasteiger partial charge in [0.15, 0.2) is 0 Å². The average molecular weight is 170 g/mol. The van der Waals surface area contributed by atoms with Crippen molar-refractivity contribution in [2.24, 2.45) is 0 Å². The lowest BCUT2D eigenvalue weighted by Gasteiger charge is -2.08. The number of hydrogen-bond acceptors (Lipinski definition) is 3. The van der Waals surface area contributed by atoms with Crippen LogP contribution in [0.15, 0.2) is 16.8 Å². The molecule has 11 heavy (non-hydrogen) atoms. The van der Waals surface area contributed by atoms with Crippen molar-refractivity contribution in [2.75, 3.05) is 13.2 Å². The highest BCUT2D eigenvalue weighted by molar-refractivity contribution is 7.07. The van der Waals surface area contributed by atoms with Crippen LogP contribution in [-0.4, -0.2) is 24.4 Å². The van der Waals surface area contributed by atoms with E-state index in [-0.39, 0.29) is 12.0 Å². The van der Waals surface area contributed by atoms with Gasteiger partial charge in [-0.25, -0.2) is 0 Å². The first-order valence-corrected chi connectivity index (χ1v) is 4.60. The molecular weight excluding hydrogens is 160 g/mol. The highest BCUT2D eigenvalue weighted by Gasteiger charge is 2.27. The Kier molecular flexibility index (Phi) is 1.94. The normalized spacial score (nSPS) is 31.0. The van der Waals surface area contributed by atoms with Crippen molar-refractivity contribution < 1.29 is 9.84 Å². The smallest absolute Gasteiger partial charge is 0.0864 e. The van der Waals surface area contributed by atoms with Gasteiger partial charge in [-0.1, -0.05) is 0 Å². The van der Waals surface area contributed by atoms with Crippen LogP contribution in [0.4, 0.5) is 0 Å². The summed E-state index contributed by atoms with van der Waals surface area (Å²) in [5.41, 5.74) is 1.21. The molecule has 1 aromatic rings. The molecule has 3 heteroatoms. The van der Waals surface area contributed by atoms with Crippen molar-refractivity contribution in [1.29, 1.82) is 0 Å². The van der Waals surface area contributed by atoms with Gasteiger partial charge in [0.1, 0.15) is 0 Å². The third-order valence-electron chi connectivity index (χ3n) is 2.02. The van der Waals surface area contributed by atoms with Gasteiger partial charge >= 0.3 is 0 Å². The Hall–Kier alpha value is -0.380. The topological polar surface area (TPSA) is 29.5 Å². The molecule has 1 aliphatic rings. The molecule has 2 rings (SSSR count). The molecule has 0 spiro atoms. The molecule has 2 unspecified atom stereocenters. The Bertz CT molecular complexity index is 220. The lowest BCUT2D eigenvalue weighted by molar-refractivity contribution is 0.124. The largest absolute Gasteiger partial charge is 0.390 e. The minimum absolute atomic E-state index is 0.209. The zero-order valence-electron chi connectivity index (χ0n) is 6.06. The van der Waals surface area contributed by atoms with Crippen LogP contribution in [0, 0.1) is 0 Å². The fraction of sp³-hybridized carbons (Fsp3) is 0.500. The van der Waals surface area contributed by atoms with Gasteiger partial charge < -0.3 is 9.84 Å². The van der Waals surface area contributed by atoms with Gasteiger partial charge in [-0.2, -0.15) is 11.3 Å². The summed E-state index contributed by atoms with van der Waals surface area (Å²) in [5.74, 6) is 0.209. The van der Waals surface area contributed by atoms with Crippen LogP contribution in [0.5, 0.6) is 0 Å². The Morgan fingerprint density at radius 1 is 1.55 bits per heavy atom. The van der Waals surface area contributed by atoms with E-state index in [2.05, 4.69) is 5.38 Å². The summed E-state index contributed by atoms with van der Waals surface area (Å²) in [6.45, 7) is 1.15. The van der Waals surface area contributed by atoms with Crippen molar-refractivity contribution in [3.63, 3.8) is 0 Å². The van der Waals surface area contributed by atoms with Crippen LogP contribution in [0.2, 0.25) is 0 Å². The predicted molar refractivity (Wildman–Crippen MR) is 43.9 cm³/mol. The first-order valence-electron chi connectivity index (χ1n) is 3.66. The summed E-state index contributed by atoms with van der Waals surface area (Å²) in [6, 6.07) is 2.05. The minimum Gasteiger partial charge on any atom is -0.390 e. The van der Waals surface area contributed by atoms with Crippen molar-refractivity contribution in [1.82, 2.24) is 0 Å². The van der Waals surface area contributed by atoms with Gasteiger partial charge in [-0.05, 0) is 22.4 Å². The van der Waals surface area contributed by atoms with Crippen LogP contribution in [0.1, 0.15) is 11.5 Å². The molecule has 0 amide bonds.